The van der Waals surface area contributed by atoms with Gasteiger partial charge in [0.2, 0.25) is 5.89 Å². The van der Waals surface area contributed by atoms with E-state index in [1.807, 2.05) is 19.1 Å². The van der Waals surface area contributed by atoms with Gasteiger partial charge < -0.3 is 9.26 Å². The first-order chi connectivity index (χ1) is 11.7. The highest BCUT2D eigenvalue weighted by atomic mass is 16.5. The molecule has 0 bridgehead atoms. The summed E-state index contributed by atoms with van der Waals surface area (Å²) in [4.78, 5) is 9.35. The van der Waals surface area contributed by atoms with Crippen molar-refractivity contribution in [1.29, 1.82) is 0 Å². The highest BCUT2D eigenvalue weighted by Crippen LogP contribution is 2.21. The van der Waals surface area contributed by atoms with Gasteiger partial charge in [0.05, 0.1) is 13.2 Å². The van der Waals surface area contributed by atoms with E-state index in [4.69, 9.17) is 9.26 Å². The second kappa shape index (κ2) is 7.77. The molecule has 0 saturated carbocycles. The van der Waals surface area contributed by atoms with Crippen molar-refractivity contribution in [2.45, 2.75) is 32.9 Å². The second-order valence-corrected chi connectivity index (χ2v) is 6.24. The summed E-state index contributed by atoms with van der Waals surface area (Å²) >= 11 is 0. The van der Waals surface area contributed by atoms with E-state index in [9.17, 15) is 0 Å². The van der Waals surface area contributed by atoms with E-state index in [0.717, 1.165) is 56.6 Å². The zero-order chi connectivity index (χ0) is 16.9. The Morgan fingerprint density at radius 2 is 2.04 bits per heavy atom. The molecule has 0 radical (unpaired) electrons. The Labute approximate surface area is 143 Å². The van der Waals surface area contributed by atoms with Crippen molar-refractivity contribution in [1.82, 2.24) is 19.9 Å². The van der Waals surface area contributed by atoms with Crippen LogP contribution >= 0.6 is 0 Å². The lowest BCUT2D eigenvalue weighted by molar-refractivity contribution is 0.0845. The summed E-state index contributed by atoms with van der Waals surface area (Å²) in [6, 6.07) is 8.48. The van der Waals surface area contributed by atoms with E-state index >= 15 is 0 Å². The summed E-state index contributed by atoms with van der Waals surface area (Å²) in [7, 11) is 1.71. The molecule has 2 heterocycles. The van der Waals surface area contributed by atoms with Crippen molar-refractivity contribution in [2.75, 3.05) is 33.3 Å². The fourth-order valence-corrected chi connectivity index (χ4v) is 3.07. The van der Waals surface area contributed by atoms with Gasteiger partial charge in [-0.1, -0.05) is 24.2 Å². The van der Waals surface area contributed by atoms with Crippen LogP contribution in [0.2, 0.25) is 0 Å². The number of rotatable bonds is 6. The van der Waals surface area contributed by atoms with Gasteiger partial charge in [0.1, 0.15) is 5.75 Å². The standard InChI is InChI=1S/C18H26N4O2/c1-4-17-19-18(24-20-17)14(2)22-10-8-21(9-11-22)13-15-6-5-7-16(12-15)23-3/h5-7,12,14H,4,8-11,13H2,1-3H3/t14-/m1/s1. The van der Waals surface area contributed by atoms with Crippen LogP contribution in [0.5, 0.6) is 5.75 Å². The van der Waals surface area contributed by atoms with E-state index in [1.54, 1.807) is 7.11 Å². The minimum Gasteiger partial charge on any atom is -0.497 e. The van der Waals surface area contributed by atoms with Gasteiger partial charge in [0, 0.05) is 39.1 Å². The van der Waals surface area contributed by atoms with Gasteiger partial charge in [-0.15, -0.1) is 0 Å². The number of nitrogens with zero attached hydrogens (tertiary/aromatic N) is 4. The van der Waals surface area contributed by atoms with Crippen molar-refractivity contribution in [2.24, 2.45) is 0 Å². The summed E-state index contributed by atoms with van der Waals surface area (Å²) in [6.45, 7) is 9.23. The largest absolute Gasteiger partial charge is 0.497 e. The topological polar surface area (TPSA) is 54.6 Å². The minimum absolute atomic E-state index is 0.178. The number of hydrogen-bond acceptors (Lipinski definition) is 6. The average Bonchev–Trinajstić information content (AvgIpc) is 3.11. The third-order valence-electron chi connectivity index (χ3n) is 4.65. The van der Waals surface area contributed by atoms with E-state index in [1.165, 1.54) is 5.56 Å². The van der Waals surface area contributed by atoms with Crippen LogP contribution in [-0.2, 0) is 13.0 Å². The molecule has 130 valence electrons. The van der Waals surface area contributed by atoms with Crippen molar-refractivity contribution < 1.29 is 9.26 Å². The maximum atomic E-state index is 5.39. The molecule has 0 aliphatic carbocycles. The number of piperazine rings is 1. The van der Waals surface area contributed by atoms with Gasteiger partial charge in [-0.2, -0.15) is 4.98 Å². The smallest absolute Gasteiger partial charge is 0.243 e. The molecule has 2 aromatic rings. The highest BCUT2D eigenvalue weighted by Gasteiger charge is 2.25. The van der Waals surface area contributed by atoms with Crippen LogP contribution in [-0.4, -0.2) is 53.2 Å². The van der Waals surface area contributed by atoms with Gasteiger partial charge >= 0.3 is 0 Å². The number of ether oxygens (including phenoxy) is 1. The number of hydrogen-bond donors (Lipinski definition) is 0. The Hall–Kier alpha value is -1.92. The van der Waals surface area contributed by atoms with Gasteiger partial charge in [0.25, 0.3) is 0 Å². The number of benzene rings is 1. The molecule has 0 spiro atoms. The summed E-state index contributed by atoms with van der Waals surface area (Å²) in [5.74, 6) is 2.43. The Morgan fingerprint density at radius 3 is 2.71 bits per heavy atom. The predicted octanol–water partition coefficient (Wildman–Crippen LogP) is 2.52. The third kappa shape index (κ3) is 3.94. The molecule has 0 N–H and O–H groups in total. The van der Waals surface area contributed by atoms with Crippen LogP contribution in [0.1, 0.15) is 37.2 Å². The highest BCUT2D eigenvalue weighted by molar-refractivity contribution is 5.28. The maximum Gasteiger partial charge on any atom is 0.243 e. The summed E-state index contributed by atoms with van der Waals surface area (Å²) in [5.41, 5.74) is 1.29. The third-order valence-corrected chi connectivity index (χ3v) is 4.65. The van der Waals surface area contributed by atoms with Crippen LogP contribution in [0.25, 0.3) is 0 Å². The average molecular weight is 330 g/mol. The van der Waals surface area contributed by atoms with E-state index in [0.29, 0.717) is 0 Å². The molecule has 24 heavy (non-hydrogen) atoms. The Morgan fingerprint density at radius 1 is 1.25 bits per heavy atom. The summed E-state index contributed by atoms with van der Waals surface area (Å²) in [5, 5.41) is 4.00. The van der Waals surface area contributed by atoms with E-state index in [-0.39, 0.29) is 6.04 Å². The zero-order valence-electron chi connectivity index (χ0n) is 14.7. The second-order valence-electron chi connectivity index (χ2n) is 6.24. The lowest BCUT2D eigenvalue weighted by Gasteiger charge is -2.36. The van der Waals surface area contributed by atoms with Crippen molar-refractivity contribution >= 4 is 0 Å². The quantitative estimate of drug-likeness (QED) is 0.811. The minimum atomic E-state index is 0.178. The van der Waals surface area contributed by atoms with Gasteiger partial charge in [-0.25, -0.2) is 0 Å². The lowest BCUT2D eigenvalue weighted by Crippen LogP contribution is -2.46. The normalized spacial score (nSPS) is 17.8. The first-order valence-electron chi connectivity index (χ1n) is 8.61. The summed E-state index contributed by atoms with van der Waals surface area (Å²) < 4.78 is 10.7. The van der Waals surface area contributed by atoms with Crippen molar-refractivity contribution in [3.05, 3.63) is 41.5 Å². The first-order valence-corrected chi connectivity index (χ1v) is 8.61. The van der Waals surface area contributed by atoms with Crippen LogP contribution < -0.4 is 4.74 Å². The fourth-order valence-electron chi connectivity index (χ4n) is 3.07. The van der Waals surface area contributed by atoms with Crippen LogP contribution in [0.15, 0.2) is 28.8 Å². The van der Waals surface area contributed by atoms with Gasteiger partial charge in [0.15, 0.2) is 5.82 Å². The number of aromatic nitrogens is 2. The molecule has 1 aliphatic rings. The van der Waals surface area contributed by atoms with Crippen molar-refractivity contribution in [3.63, 3.8) is 0 Å². The fraction of sp³-hybridized carbons (Fsp3) is 0.556. The van der Waals surface area contributed by atoms with Crippen LogP contribution in [0, 0.1) is 0 Å². The molecular formula is C18H26N4O2. The molecule has 1 aromatic carbocycles. The number of methoxy groups -OCH3 is 1. The number of aryl methyl sites for hydroxylation is 1. The molecule has 3 rings (SSSR count). The molecule has 6 nitrogen and oxygen atoms in total. The molecule has 6 heteroatoms. The Kier molecular flexibility index (Phi) is 5.48. The SMILES string of the molecule is CCc1noc([C@@H](C)N2CCN(Cc3cccc(OC)c3)CC2)n1. The van der Waals surface area contributed by atoms with Crippen molar-refractivity contribution in [3.8, 4) is 5.75 Å². The predicted molar refractivity (Wildman–Crippen MR) is 91.9 cm³/mol. The molecule has 1 fully saturated rings. The molecule has 0 amide bonds. The first kappa shape index (κ1) is 16.9. The molecule has 0 unspecified atom stereocenters. The molecule has 1 atom stereocenters. The monoisotopic (exact) mass is 330 g/mol. The molecule has 1 aromatic heterocycles. The molecule has 1 aliphatic heterocycles. The lowest BCUT2D eigenvalue weighted by atomic mass is 10.1. The van der Waals surface area contributed by atoms with Crippen LogP contribution in [0.3, 0.4) is 0 Å². The maximum absolute atomic E-state index is 5.39. The zero-order valence-corrected chi connectivity index (χ0v) is 14.7. The summed E-state index contributed by atoms with van der Waals surface area (Å²) in [6.07, 6.45) is 0.810. The van der Waals surface area contributed by atoms with E-state index in [2.05, 4.69) is 39.0 Å². The van der Waals surface area contributed by atoms with Gasteiger partial charge in [-0.05, 0) is 24.6 Å². The molecule has 1 saturated heterocycles. The van der Waals surface area contributed by atoms with Crippen LogP contribution in [0.4, 0.5) is 0 Å². The molecular weight excluding hydrogens is 304 g/mol. The Bertz CT molecular complexity index is 650. The van der Waals surface area contributed by atoms with Gasteiger partial charge in [-0.3, -0.25) is 9.80 Å². The van der Waals surface area contributed by atoms with E-state index < -0.39 is 0 Å². The Balaban J connectivity index is 1.53.